The van der Waals surface area contributed by atoms with E-state index in [4.69, 9.17) is 16.3 Å². The minimum absolute atomic E-state index is 0.135. The first-order chi connectivity index (χ1) is 18.5. The molecule has 1 atom stereocenters. The van der Waals surface area contributed by atoms with Crippen molar-refractivity contribution in [2.75, 3.05) is 7.11 Å². The summed E-state index contributed by atoms with van der Waals surface area (Å²) in [5, 5.41) is 3.67. The zero-order valence-electron chi connectivity index (χ0n) is 21.3. The second kappa shape index (κ2) is 13.5. The van der Waals surface area contributed by atoms with E-state index in [2.05, 4.69) is 5.32 Å². The molecule has 0 aliphatic carbocycles. The Hall–Kier alpha value is -4.09. The Morgan fingerprint density at radius 2 is 1.39 bits per heavy atom. The van der Waals surface area contributed by atoms with E-state index in [-0.39, 0.29) is 18.2 Å². The first-order valence-electron chi connectivity index (χ1n) is 12.5. The van der Waals surface area contributed by atoms with Gasteiger partial charge in [-0.15, -0.1) is 0 Å². The summed E-state index contributed by atoms with van der Waals surface area (Å²) in [4.78, 5) is 29.3. The summed E-state index contributed by atoms with van der Waals surface area (Å²) in [7, 11) is 1.61. The van der Waals surface area contributed by atoms with Crippen molar-refractivity contribution in [3.05, 3.63) is 136 Å². The van der Waals surface area contributed by atoms with Crippen LogP contribution in [0.5, 0.6) is 5.75 Å². The Morgan fingerprint density at radius 1 is 0.789 bits per heavy atom. The quantitative estimate of drug-likeness (QED) is 0.267. The van der Waals surface area contributed by atoms with Gasteiger partial charge in [0.05, 0.1) is 13.5 Å². The third-order valence-corrected chi connectivity index (χ3v) is 6.63. The van der Waals surface area contributed by atoms with E-state index in [1.54, 1.807) is 24.1 Å². The predicted octanol–water partition coefficient (Wildman–Crippen LogP) is 5.85. The number of para-hydroxylation sites is 1. The average molecular weight is 527 g/mol. The number of carbonyl (C=O) groups excluding carboxylic acids is 2. The number of nitrogens with one attached hydrogen (secondary N) is 1. The van der Waals surface area contributed by atoms with Gasteiger partial charge in [-0.05, 0) is 34.9 Å². The molecule has 0 saturated carbocycles. The van der Waals surface area contributed by atoms with Crippen LogP contribution in [-0.2, 0) is 35.5 Å². The molecule has 1 unspecified atom stereocenters. The molecule has 0 saturated heterocycles. The van der Waals surface area contributed by atoms with Crippen molar-refractivity contribution < 1.29 is 14.3 Å². The maximum atomic E-state index is 13.8. The lowest BCUT2D eigenvalue weighted by molar-refractivity contribution is -0.140. The molecule has 0 fully saturated rings. The molecule has 194 valence electrons. The third-order valence-electron chi connectivity index (χ3n) is 6.38. The van der Waals surface area contributed by atoms with Gasteiger partial charge < -0.3 is 15.0 Å². The Bertz CT molecular complexity index is 1330. The molecular weight excluding hydrogens is 496 g/mol. The Balaban J connectivity index is 1.64. The lowest BCUT2D eigenvalue weighted by atomic mass is 10.0. The number of methoxy groups -OCH3 is 1. The zero-order valence-corrected chi connectivity index (χ0v) is 22.1. The number of benzene rings is 4. The van der Waals surface area contributed by atoms with Crippen molar-refractivity contribution >= 4 is 23.4 Å². The van der Waals surface area contributed by atoms with Crippen molar-refractivity contribution in [2.24, 2.45) is 0 Å². The van der Waals surface area contributed by atoms with E-state index in [0.29, 0.717) is 30.3 Å². The molecule has 0 spiro atoms. The highest BCUT2D eigenvalue weighted by atomic mass is 35.5. The standard InChI is InChI=1S/C32H31ClN2O3/c1-38-30-15-9-8-14-27(30)22-34-32(37)29(20-24-10-4-2-5-11-24)35(23-26-12-6-3-7-13-26)31(36)21-25-16-18-28(33)19-17-25/h2-19,29H,20-23H2,1H3,(H,34,37). The van der Waals surface area contributed by atoms with Crippen LogP contribution in [0, 0.1) is 0 Å². The van der Waals surface area contributed by atoms with Crippen LogP contribution in [0.4, 0.5) is 0 Å². The van der Waals surface area contributed by atoms with Crippen molar-refractivity contribution in [2.45, 2.75) is 32.0 Å². The Labute approximate surface area is 229 Å². The van der Waals surface area contributed by atoms with Gasteiger partial charge in [-0.3, -0.25) is 9.59 Å². The molecule has 0 heterocycles. The highest BCUT2D eigenvalue weighted by molar-refractivity contribution is 6.30. The number of ether oxygens (including phenoxy) is 1. The summed E-state index contributed by atoms with van der Waals surface area (Å²) in [6.07, 6.45) is 0.548. The van der Waals surface area contributed by atoms with E-state index >= 15 is 0 Å². The van der Waals surface area contributed by atoms with Crippen LogP contribution in [0.15, 0.2) is 109 Å². The van der Waals surface area contributed by atoms with Gasteiger partial charge in [0.2, 0.25) is 11.8 Å². The number of rotatable bonds is 11. The Kier molecular flexibility index (Phi) is 9.54. The van der Waals surface area contributed by atoms with Crippen LogP contribution < -0.4 is 10.1 Å². The predicted molar refractivity (Wildman–Crippen MR) is 151 cm³/mol. The highest BCUT2D eigenvalue weighted by Gasteiger charge is 2.30. The number of hydrogen-bond donors (Lipinski definition) is 1. The molecule has 2 amide bonds. The molecule has 4 rings (SSSR count). The molecule has 0 bridgehead atoms. The second-order valence-electron chi connectivity index (χ2n) is 9.05. The van der Waals surface area contributed by atoms with Gasteiger partial charge >= 0.3 is 0 Å². The summed E-state index contributed by atoms with van der Waals surface area (Å²) in [5.41, 5.74) is 3.63. The van der Waals surface area contributed by atoms with Crippen LogP contribution in [0.2, 0.25) is 5.02 Å². The number of hydrogen-bond acceptors (Lipinski definition) is 3. The fourth-order valence-corrected chi connectivity index (χ4v) is 4.49. The van der Waals surface area contributed by atoms with Crippen molar-refractivity contribution in [3.63, 3.8) is 0 Å². The molecule has 0 aliphatic rings. The number of nitrogens with zero attached hydrogens (tertiary/aromatic N) is 1. The molecule has 0 aliphatic heterocycles. The third kappa shape index (κ3) is 7.46. The second-order valence-corrected chi connectivity index (χ2v) is 9.48. The number of halogens is 1. The summed E-state index contributed by atoms with van der Waals surface area (Å²) >= 11 is 6.05. The monoisotopic (exact) mass is 526 g/mol. The van der Waals surface area contributed by atoms with Crippen molar-refractivity contribution in [3.8, 4) is 5.75 Å². The minimum atomic E-state index is -0.716. The first-order valence-corrected chi connectivity index (χ1v) is 12.9. The van der Waals surface area contributed by atoms with Gasteiger partial charge in [-0.2, -0.15) is 0 Å². The normalized spacial score (nSPS) is 11.4. The van der Waals surface area contributed by atoms with E-state index in [1.165, 1.54) is 0 Å². The smallest absolute Gasteiger partial charge is 0.243 e. The molecule has 5 nitrogen and oxygen atoms in total. The fourth-order valence-electron chi connectivity index (χ4n) is 4.36. The van der Waals surface area contributed by atoms with Crippen LogP contribution in [0.25, 0.3) is 0 Å². The summed E-state index contributed by atoms with van der Waals surface area (Å²) in [6, 6.07) is 33.6. The molecular formula is C32H31ClN2O3. The molecule has 0 aromatic heterocycles. The zero-order chi connectivity index (χ0) is 26.7. The van der Waals surface area contributed by atoms with Gasteiger partial charge in [-0.1, -0.05) is 103 Å². The van der Waals surface area contributed by atoms with Crippen LogP contribution in [0.1, 0.15) is 22.3 Å². The van der Waals surface area contributed by atoms with Gasteiger partial charge in [0.1, 0.15) is 11.8 Å². The minimum Gasteiger partial charge on any atom is -0.496 e. The van der Waals surface area contributed by atoms with E-state index in [1.807, 2.05) is 97.1 Å². The van der Waals surface area contributed by atoms with Crippen LogP contribution in [-0.4, -0.2) is 29.9 Å². The van der Waals surface area contributed by atoms with E-state index in [0.717, 1.165) is 22.3 Å². The number of amides is 2. The molecule has 4 aromatic rings. The van der Waals surface area contributed by atoms with E-state index in [9.17, 15) is 9.59 Å². The molecule has 1 N–H and O–H groups in total. The van der Waals surface area contributed by atoms with Gasteiger partial charge in [0.15, 0.2) is 0 Å². The first kappa shape index (κ1) is 27.0. The van der Waals surface area contributed by atoms with Crippen LogP contribution in [0.3, 0.4) is 0 Å². The molecule has 0 radical (unpaired) electrons. The highest BCUT2D eigenvalue weighted by Crippen LogP contribution is 2.20. The Morgan fingerprint density at radius 3 is 2.05 bits per heavy atom. The maximum absolute atomic E-state index is 13.8. The van der Waals surface area contributed by atoms with Gasteiger partial charge in [-0.25, -0.2) is 0 Å². The largest absolute Gasteiger partial charge is 0.496 e. The van der Waals surface area contributed by atoms with Gasteiger partial charge in [0.25, 0.3) is 0 Å². The average Bonchev–Trinajstić information content (AvgIpc) is 2.96. The number of carbonyl (C=O) groups is 2. The van der Waals surface area contributed by atoms with E-state index < -0.39 is 6.04 Å². The summed E-state index contributed by atoms with van der Waals surface area (Å²) in [6.45, 7) is 0.603. The lowest BCUT2D eigenvalue weighted by Crippen LogP contribution is -2.50. The van der Waals surface area contributed by atoms with Crippen molar-refractivity contribution in [1.29, 1.82) is 0 Å². The van der Waals surface area contributed by atoms with Crippen LogP contribution >= 0.6 is 11.6 Å². The molecule has 6 heteroatoms. The molecule has 38 heavy (non-hydrogen) atoms. The topological polar surface area (TPSA) is 58.6 Å². The lowest BCUT2D eigenvalue weighted by Gasteiger charge is -2.32. The summed E-state index contributed by atoms with van der Waals surface area (Å²) in [5.74, 6) is 0.345. The SMILES string of the molecule is COc1ccccc1CNC(=O)C(Cc1ccccc1)N(Cc1ccccc1)C(=O)Cc1ccc(Cl)cc1. The fraction of sp³-hybridized carbons (Fsp3) is 0.188. The van der Waals surface area contributed by atoms with Crippen molar-refractivity contribution in [1.82, 2.24) is 10.2 Å². The summed E-state index contributed by atoms with van der Waals surface area (Å²) < 4.78 is 5.45. The molecule has 4 aromatic carbocycles. The van der Waals surface area contributed by atoms with Gasteiger partial charge in [0, 0.05) is 30.1 Å². The maximum Gasteiger partial charge on any atom is 0.243 e.